The molecule has 35 heavy (non-hydrogen) atoms. The van der Waals surface area contributed by atoms with Crippen molar-refractivity contribution < 1.29 is 0 Å². The molecule has 0 radical (unpaired) electrons. The Morgan fingerprint density at radius 2 is 1.97 bits per heavy atom. The molecule has 0 spiro atoms. The first-order valence-corrected chi connectivity index (χ1v) is 11.4. The van der Waals surface area contributed by atoms with E-state index in [0.717, 1.165) is 69.2 Å². The van der Waals surface area contributed by atoms with Crippen molar-refractivity contribution in [3.63, 3.8) is 0 Å². The predicted octanol–water partition coefficient (Wildman–Crippen LogP) is 3.20. The highest BCUT2D eigenvalue weighted by atomic mass is 15.3. The Balaban J connectivity index is 1.31. The van der Waals surface area contributed by atoms with E-state index in [1.54, 1.807) is 18.6 Å². The highest BCUT2D eigenvalue weighted by molar-refractivity contribution is 5.98. The van der Waals surface area contributed by atoms with Crippen molar-refractivity contribution in [3.8, 4) is 28.3 Å². The summed E-state index contributed by atoms with van der Waals surface area (Å²) in [5.74, 6) is 0.828. The van der Waals surface area contributed by atoms with Crippen LogP contribution in [0.3, 0.4) is 0 Å². The van der Waals surface area contributed by atoms with Gasteiger partial charge in [0.05, 0.1) is 41.5 Å². The highest BCUT2D eigenvalue weighted by Crippen LogP contribution is 2.32. The maximum absolute atomic E-state index is 5.93. The van der Waals surface area contributed by atoms with Crippen LogP contribution in [0.2, 0.25) is 0 Å². The van der Waals surface area contributed by atoms with E-state index in [1.807, 2.05) is 30.1 Å². The summed E-state index contributed by atoms with van der Waals surface area (Å²) in [5, 5.41) is 9.64. The monoisotopic (exact) mass is 462 g/mol. The Morgan fingerprint density at radius 3 is 2.80 bits per heavy atom. The molecule has 1 saturated heterocycles. The van der Waals surface area contributed by atoms with Gasteiger partial charge in [-0.3, -0.25) is 10.1 Å². The molecule has 1 aromatic carbocycles. The fourth-order valence-electron chi connectivity index (χ4n) is 4.64. The van der Waals surface area contributed by atoms with Gasteiger partial charge in [0.1, 0.15) is 11.5 Å². The maximum atomic E-state index is 5.93. The summed E-state index contributed by atoms with van der Waals surface area (Å²) in [6.07, 6.45) is 9.18. The zero-order chi connectivity index (χ0) is 23.5. The van der Waals surface area contributed by atoms with Crippen LogP contribution in [0.4, 0.5) is 5.82 Å². The van der Waals surface area contributed by atoms with Crippen molar-refractivity contribution in [2.45, 2.75) is 13.0 Å². The van der Waals surface area contributed by atoms with Crippen LogP contribution in [0.1, 0.15) is 5.69 Å². The maximum Gasteiger partial charge on any atom is 0.155 e. The molecular formula is C25H22N10. The molecule has 10 nitrogen and oxygen atoms in total. The quantitative estimate of drug-likeness (QED) is 0.367. The molecule has 0 aliphatic carbocycles. The Kier molecular flexibility index (Phi) is 4.24. The second-order valence-electron chi connectivity index (χ2n) is 8.96. The molecule has 0 saturated carbocycles. The third kappa shape index (κ3) is 3.26. The fraction of sp³-hybridized carbons (Fsp3) is 0.160. The lowest BCUT2D eigenvalue weighted by molar-refractivity contribution is 0.514. The van der Waals surface area contributed by atoms with Crippen LogP contribution in [-0.2, 0) is 0 Å². The summed E-state index contributed by atoms with van der Waals surface area (Å²) in [6.45, 7) is 3.57. The molecule has 0 bridgehead atoms. The van der Waals surface area contributed by atoms with E-state index in [9.17, 15) is 0 Å². The van der Waals surface area contributed by atoms with Crippen LogP contribution >= 0.6 is 0 Å². The van der Waals surface area contributed by atoms with E-state index in [1.165, 1.54) is 0 Å². The van der Waals surface area contributed by atoms with Crippen molar-refractivity contribution in [3.05, 3.63) is 67.1 Å². The van der Waals surface area contributed by atoms with Crippen molar-refractivity contribution in [1.29, 1.82) is 0 Å². The molecular weight excluding hydrogens is 440 g/mol. The molecule has 7 rings (SSSR count). The molecule has 5 aromatic heterocycles. The number of benzene rings is 1. The predicted molar refractivity (Wildman–Crippen MR) is 134 cm³/mol. The number of H-pyrrole nitrogens is 2. The largest absolute Gasteiger partial charge is 0.353 e. The van der Waals surface area contributed by atoms with Gasteiger partial charge in [-0.2, -0.15) is 5.10 Å². The number of anilines is 1. The molecule has 0 amide bonds. The normalized spacial score (nSPS) is 14.2. The molecule has 6 aromatic rings. The van der Waals surface area contributed by atoms with Crippen molar-refractivity contribution >= 4 is 27.8 Å². The molecule has 10 heteroatoms. The van der Waals surface area contributed by atoms with Gasteiger partial charge in [-0.25, -0.2) is 15.0 Å². The van der Waals surface area contributed by atoms with Crippen LogP contribution in [0, 0.1) is 6.92 Å². The van der Waals surface area contributed by atoms with Gasteiger partial charge < -0.3 is 20.2 Å². The number of imidazole rings is 1. The summed E-state index contributed by atoms with van der Waals surface area (Å²) in [4.78, 5) is 23.8. The smallest absolute Gasteiger partial charge is 0.155 e. The molecule has 4 N–H and O–H groups in total. The second kappa shape index (κ2) is 7.47. The molecule has 1 fully saturated rings. The second-order valence-corrected chi connectivity index (χ2v) is 8.96. The van der Waals surface area contributed by atoms with E-state index in [2.05, 4.69) is 59.3 Å². The molecule has 1 aliphatic rings. The van der Waals surface area contributed by atoms with Crippen molar-refractivity contribution in [2.24, 2.45) is 5.73 Å². The summed E-state index contributed by atoms with van der Waals surface area (Å²) in [7, 11) is 0. The Morgan fingerprint density at radius 1 is 1.06 bits per heavy atom. The SMILES string of the molecule is Cc1cn(-c2cccc3[nH]c(-c4n[nH]c5ncc(-c6cncc(N7CC(N)C7)n6)cc45)cc23)cn1. The van der Waals surface area contributed by atoms with Gasteiger partial charge in [0, 0.05) is 53.4 Å². The number of aryl methyl sites for hydroxylation is 1. The van der Waals surface area contributed by atoms with Crippen LogP contribution in [0.25, 0.3) is 50.3 Å². The first-order chi connectivity index (χ1) is 17.1. The topological polar surface area (TPSA) is 130 Å². The van der Waals surface area contributed by atoms with Gasteiger partial charge in [-0.15, -0.1) is 0 Å². The lowest BCUT2D eigenvalue weighted by atomic mass is 10.1. The number of hydrogen-bond donors (Lipinski definition) is 3. The number of aromatic nitrogens is 8. The van der Waals surface area contributed by atoms with Crippen molar-refractivity contribution in [1.82, 2.24) is 39.7 Å². The Labute approximate surface area is 199 Å². The van der Waals surface area contributed by atoms with Gasteiger partial charge in [0.2, 0.25) is 0 Å². The van der Waals surface area contributed by atoms with Crippen LogP contribution in [0.15, 0.2) is 61.4 Å². The third-order valence-electron chi connectivity index (χ3n) is 6.45. The highest BCUT2D eigenvalue weighted by Gasteiger charge is 2.24. The van der Waals surface area contributed by atoms with E-state index in [0.29, 0.717) is 5.65 Å². The van der Waals surface area contributed by atoms with Gasteiger partial charge in [-0.1, -0.05) is 6.07 Å². The summed E-state index contributed by atoms with van der Waals surface area (Å²) in [5.41, 5.74) is 13.0. The van der Waals surface area contributed by atoms with E-state index < -0.39 is 0 Å². The minimum atomic E-state index is 0.196. The average molecular weight is 463 g/mol. The lowest BCUT2D eigenvalue weighted by Crippen LogP contribution is -2.56. The number of fused-ring (bicyclic) bond motifs is 2. The number of nitrogens with two attached hydrogens (primary N) is 1. The standard InChI is InChI=1S/C25H22N10/c1-14-10-35(13-29-14)22-4-2-3-19-17(22)6-20(30-19)24-18-5-15(7-28-25(18)33-32-24)21-8-27-9-23(31-21)34-11-16(26)12-34/h2-10,13,16,30H,11-12,26H2,1H3,(H,28,32,33). The molecule has 1 aliphatic heterocycles. The van der Waals surface area contributed by atoms with Crippen LogP contribution in [-0.4, -0.2) is 58.8 Å². The van der Waals surface area contributed by atoms with Gasteiger partial charge in [0.15, 0.2) is 5.65 Å². The lowest BCUT2D eigenvalue weighted by Gasteiger charge is -2.37. The number of hydrogen-bond acceptors (Lipinski definition) is 7. The summed E-state index contributed by atoms with van der Waals surface area (Å²) < 4.78 is 2.04. The van der Waals surface area contributed by atoms with Crippen LogP contribution in [0.5, 0.6) is 0 Å². The first-order valence-electron chi connectivity index (χ1n) is 11.4. The van der Waals surface area contributed by atoms with Gasteiger partial charge >= 0.3 is 0 Å². The molecule has 0 unspecified atom stereocenters. The summed E-state index contributed by atoms with van der Waals surface area (Å²) >= 11 is 0. The first kappa shape index (κ1) is 19.9. The average Bonchev–Trinajstić information content (AvgIpc) is 3.59. The number of pyridine rings is 1. The number of nitrogens with one attached hydrogen (secondary N) is 2. The number of aromatic amines is 2. The van der Waals surface area contributed by atoms with Crippen molar-refractivity contribution in [2.75, 3.05) is 18.0 Å². The molecule has 172 valence electrons. The minimum absolute atomic E-state index is 0.196. The van der Waals surface area contributed by atoms with Gasteiger partial charge in [0.25, 0.3) is 0 Å². The fourth-order valence-corrected chi connectivity index (χ4v) is 4.64. The number of rotatable bonds is 4. The molecule has 6 heterocycles. The minimum Gasteiger partial charge on any atom is -0.353 e. The number of nitrogens with zero attached hydrogens (tertiary/aromatic N) is 7. The Hall–Kier alpha value is -4.57. The van der Waals surface area contributed by atoms with Crippen LogP contribution < -0.4 is 10.6 Å². The summed E-state index contributed by atoms with van der Waals surface area (Å²) in [6, 6.07) is 10.6. The zero-order valence-electron chi connectivity index (χ0n) is 19.0. The van der Waals surface area contributed by atoms with Gasteiger partial charge in [-0.05, 0) is 31.2 Å². The van der Waals surface area contributed by atoms with E-state index in [-0.39, 0.29) is 6.04 Å². The van der Waals surface area contributed by atoms with E-state index >= 15 is 0 Å². The Bertz CT molecular complexity index is 1700. The van der Waals surface area contributed by atoms with E-state index in [4.69, 9.17) is 10.7 Å². The zero-order valence-corrected chi connectivity index (χ0v) is 19.0. The molecule has 0 atom stereocenters. The third-order valence-corrected chi connectivity index (χ3v) is 6.45.